The van der Waals surface area contributed by atoms with Crippen LogP contribution in [0, 0.1) is 0 Å². The molecule has 2 heterocycles. The number of carbonyl (C=O) groups is 1. The zero-order chi connectivity index (χ0) is 21.7. The quantitative estimate of drug-likeness (QED) is 0.660. The van der Waals surface area contributed by atoms with Crippen molar-refractivity contribution in [2.75, 3.05) is 38.7 Å². The minimum atomic E-state index is -3.61. The summed E-state index contributed by atoms with van der Waals surface area (Å²) in [4.78, 5) is 19.3. The van der Waals surface area contributed by atoms with Crippen LogP contribution in [-0.2, 0) is 32.5 Å². The van der Waals surface area contributed by atoms with Gasteiger partial charge in [-0.3, -0.25) is 9.69 Å². The van der Waals surface area contributed by atoms with E-state index in [1.54, 1.807) is 29.5 Å². The second-order valence-electron chi connectivity index (χ2n) is 7.21. The van der Waals surface area contributed by atoms with Crippen LogP contribution in [0.3, 0.4) is 0 Å². The van der Waals surface area contributed by atoms with Crippen LogP contribution in [0.4, 0.5) is 5.69 Å². The summed E-state index contributed by atoms with van der Waals surface area (Å²) in [7, 11) is -1.74. The lowest BCUT2D eigenvalue weighted by atomic mass is 10.2. The molecule has 10 heteroatoms. The number of nitrogens with zero attached hydrogens (tertiary/aromatic N) is 3. The highest BCUT2D eigenvalue weighted by Gasteiger charge is 2.27. The molecule has 164 valence electrons. The highest BCUT2D eigenvalue weighted by molar-refractivity contribution is 7.89. The number of anilines is 1. The fourth-order valence-electron chi connectivity index (χ4n) is 3.09. The number of hydrogen-bond acceptors (Lipinski definition) is 7. The molecule has 0 bridgehead atoms. The smallest absolute Gasteiger partial charge is 0.243 e. The molecule has 1 aromatic carbocycles. The average Bonchev–Trinajstić information content (AvgIpc) is 3.21. The summed E-state index contributed by atoms with van der Waals surface area (Å²) in [6, 6.07) is 5.97. The van der Waals surface area contributed by atoms with E-state index in [4.69, 9.17) is 4.74 Å². The Morgan fingerprint density at radius 2 is 2.10 bits per heavy atom. The number of hydrogen-bond donors (Lipinski definition) is 1. The number of aromatic nitrogens is 1. The third kappa shape index (κ3) is 5.44. The molecule has 1 aromatic heterocycles. The molecule has 1 N–H and O–H groups in total. The van der Waals surface area contributed by atoms with E-state index < -0.39 is 16.1 Å². The zero-order valence-corrected chi connectivity index (χ0v) is 19.1. The number of benzene rings is 1. The first-order valence-electron chi connectivity index (χ1n) is 9.93. The lowest BCUT2D eigenvalue weighted by Gasteiger charge is -2.26. The predicted molar refractivity (Wildman–Crippen MR) is 117 cm³/mol. The summed E-state index contributed by atoms with van der Waals surface area (Å²) in [6.07, 6.45) is 0.897. The number of aryl methyl sites for hydroxylation is 1. The van der Waals surface area contributed by atoms with Crippen LogP contribution in [0.15, 0.2) is 34.5 Å². The molecule has 3 rings (SSSR count). The van der Waals surface area contributed by atoms with Crippen molar-refractivity contribution < 1.29 is 17.9 Å². The van der Waals surface area contributed by atoms with Crippen LogP contribution in [-0.4, -0.2) is 67.9 Å². The predicted octanol–water partition coefficient (Wildman–Crippen LogP) is 2.19. The van der Waals surface area contributed by atoms with Gasteiger partial charge in [-0.05, 0) is 38.6 Å². The number of amides is 1. The molecule has 1 amide bonds. The number of thiazole rings is 1. The SMILES string of the molecule is CCc1nc(CN(C)C(C)C(=O)Nc2cccc(S(=O)(=O)N3CCOCC3)c2)cs1. The van der Waals surface area contributed by atoms with Gasteiger partial charge in [-0.15, -0.1) is 11.3 Å². The Morgan fingerprint density at radius 3 is 2.77 bits per heavy atom. The van der Waals surface area contributed by atoms with Gasteiger partial charge >= 0.3 is 0 Å². The van der Waals surface area contributed by atoms with Gasteiger partial charge in [-0.2, -0.15) is 4.31 Å². The van der Waals surface area contributed by atoms with E-state index in [1.165, 1.54) is 10.4 Å². The van der Waals surface area contributed by atoms with Crippen molar-refractivity contribution in [3.8, 4) is 0 Å². The molecule has 0 aliphatic carbocycles. The summed E-state index contributed by atoms with van der Waals surface area (Å²) >= 11 is 1.62. The Kier molecular flexibility index (Phi) is 7.59. The third-order valence-electron chi connectivity index (χ3n) is 5.06. The topological polar surface area (TPSA) is 91.8 Å². The van der Waals surface area contributed by atoms with Crippen LogP contribution < -0.4 is 5.32 Å². The van der Waals surface area contributed by atoms with Crippen LogP contribution in [0.25, 0.3) is 0 Å². The Balaban J connectivity index is 1.65. The van der Waals surface area contributed by atoms with Crippen LogP contribution >= 0.6 is 11.3 Å². The van der Waals surface area contributed by atoms with Gasteiger partial charge in [0.2, 0.25) is 15.9 Å². The number of nitrogens with one attached hydrogen (secondary N) is 1. The van der Waals surface area contributed by atoms with Gasteiger partial charge < -0.3 is 10.1 Å². The normalized spacial score (nSPS) is 16.5. The minimum absolute atomic E-state index is 0.165. The van der Waals surface area contributed by atoms with E-state index in [2.05, 4.69) is 17.2 Å². The fourth-order valence-corrected chi connectivity index (χ4v) is 5.28. The third-order valence-corrected chi connectivity index (χ3v) is 8.00. The van der Waals surface area contributed by atoms with Gasteiger partial charge in [-0.1, -0.05) is 13.0 Å². The standard InChI is InChI=1S/C20H28N4O4S2/c1-4-19-21-17(14-29-19)13-23(3)15(2)20(25)22-16-6-5-7-18(12-16)30(26,27)24-8-10-28-11-9-24/h5-7,12,14-15H,4,8-11,13H2,1-3H3,(H,22,25). The average molecular weight is 453 g/mol. The Labute approximate surface area is 181 Å². The molecule has 1 aliphatic heterocycles. The van der Waals surface area contributed by atoms with Gasteiger partial charge in [0.25, 0.3) is 0 Å². The minimum Gasteiger partial charge on any atom is -0.379 e. The molecule has 1 aliphatic rings. The molecule has 30 heavy (non-hydrogen) atoms. The maximum absolute atomic E-state index is 12.8. The number of ether oxygens (including phenoxy) is 1. The molecular formula is C20H28N4O4S2. The summed E-state index contributed by atoms with van der Waals surface area (Å²) in [5.74, 6) is -0.204. The fraction of sp³-hybridized carbons (Fsp3) is 0.500. The second-order valence-corrected chi connectivity index (χ2v) is 10.1. The lowest BCUT2D eigenvalue weighted by molar-refractivity contribution is -0.120. The monoisotopic (exact) mass is 452 g/mol. The highest BCUT2D eigenvalue weighted by atomic mass is 32.2. The lowest BCUT2D eigenvalue weighted by Crippen LogP contribution is -2.40. The van der Waals surface area contributed by atoms with Crippen molar-refractivity contribution in [3.05, 3.63) is 40.3 Å². The molecule has 8 nitrogen and oxygen atoms in total. The van der Waals surface area contributed by atoms with Crippen molar-refractivity contribution in [2.24, 2.45) is 0 Å². The number of likely N-dealkylation sites (N-methyl/N-ethyl adjacent to an activating group) is 1. The number of rotatable bonds is 8. The number of carbonyl (C=O) groups excluding carboxylic acids is 1. The highest BCUT2D eigenvalue weighted by Crippen LogP contribution is 2.21. The molecule has 0 saturated carbocycles. The van der Waals surface area contributed by atoms with E-state index in [0.29, 0.717) is 38.5 Å². The van der Waals surface area contributed by atoms with E-state index in [9.17, 15) is 13.2 Å². The maximum Gasteiger partial charge on any atom is 0.243 e. The first kappa shape index (κ1) is 22.8. The Morgan fingerprint density at radius 1 is 1.37 bits per heavy atom. The van der Waals surface area contributed by atoms with Gasteiger partial charge in [0.1, 0.15) is 0 Å². The summed E-state index contributed by atoms with van der Waals surface area (Å²) in [5, 5.41) is 5.93. The van der Waals surface area contributed by atoms with Gasteiger partial charge in [0.05, 0.1) is 34.9 Å². The molecule has 1 unspecified atom stereocenters. The van der Waals surface area contributed by atoms with Crippen molar-refractivity contribution >= 4 is 33.0 Å². The van der Waals surface area contributed by atoms with Gasteiger partial charge in [0, 0.05) is 30.7 Å². The summed E-state index contributed by atoms with van der Waals surface area (Å²) in [5.41, 5.74) is 1.40. The molecule has 1 atom stereocenters. The van der Waals surface area contributed by atoms with E-state index >= 15 is 0 Å². The number of sulfonamides is 1. The van der Waals surface area contributed by atoms with Crippen LogP contribution in [0.2, 0.25) is 0 Å². The zero-order valence-electron chi connectivity index (χ0n) is 17.5. The van der Waals surface area contributed by atoms with E-state index in [1.807, 2.05) is 24.3 Å². The van der Waals surface area contributed by atoms with Crippen molar-refractivity contribution in [1.82, 2.24) is 14.2 Å². The molecular weight excluding hydrogens is 424 g/mol. The first-order valence-corrected chi connectivity index (χ1v) is 12.3. The summed E-state index contributed by atoms with van der Waals surface area (Å²) < 4.78 is 32.3. The van der Waals surface area contributed by atoms with Crippen LogP contribution in [0.5, 0.6) is 0 Å². The molecule has 1 fully saturated rings. The van der Waals surface area contributed by atoms with Crippen molar-refractivity contribution in [2.45, 2.75) is 37.8 Å². The van der Waals surface area contributed by atoms with Crippen molar-refractivity contribution in [3.63, 3.8) is 0 Å². The van der Waals surface area contributed by atoms with E-state index in [-0.39, 0.29) is 10.8 Å². The van der Waals surface area contributed by atoms with Gasteiger partial charge in [0.15, 0.2) is 0 Å². The second kappa shape index (κ2) is 9.97. The Bertz CT molecular complexity index is 971. The largest absolute Gasteiger partial charge is 0.379 e. The van der Waals surface area contributed by atoms with Crippen LogP contribution in [0.1, 0.15) is 24.5 Å². The number of morpholine rings is 1. The maximum atomic E-state index is 12.8. The summed E-state index contributed by atoms with van der Waals surface area (Å²) in [6.45, 7) is 5.88. The van der Waals surface area contributed by atoms with Gasteiger partial charge in [-0.25, -0.2) is 13.4 Å². The Hall–Kier alpha value is -1.85. The van der Waals surface area contributed by atoms with Crippen molar-refractivity contribution in [1.29, 1.82) is 0 Å². The molecule has 0 radical (unpaired) electrons. The molecule has 0 spiro atoms. The first-order chi connectivity index (χ1) is 14.3. The van der Waals surface area contributed by atoms with E-state index in [0.717, 1.165) is 17.1 Å². The molecule has 1 saturated heterocycles. The molecule has 2 aromatic rings.